The molecule has 1 aromatic heterocycles. The predicted molar refractivity (Wildman–Crippen MR) is 75.3 cm³/mol. The molecule has 1 unspecified atom stereocenters. The normalized spacial score (nSPS) is 19.9. The Morgan fingerprint density at radius 1 is 1.25 bits per heavy atom. The van der Waals surface area contributed by atoms with Crippen molar-refractivity contribution in [1.29, 1.82) is 0 Å². The maximum Gasteiger partial charge on any atom is 0.237 e. The molecule has 1 fully saturated rings. The van der Waals surface area contributed by atoms with E-state index < -0.39 is 0 Å². The summed E-state index contributed by atoms with van der Waals surface area (Å²) in [7, 11) is 0. The second-order valence-corrected chi connectivity index (χ2v) is 5.44. The molecule has 0 radical (unpaired) electrons. The summed E-state index contributed by atoms with van der Waals surface area (Å²) in [5, 5.41) is 4.03. The van der Waals surface area contributed by atoms with Gasteiger partial charge in [-0.3, -0.25) is 4.79 Å². The monoisotopic (exact) mass is 270 g/mol. The van der Waals surface area contributed by atoms with E-state index in [4.69, 9.17) is 4.52 Å². The van der Waals surface area contributed by atoms with Gasteiger partial charge in [-0.15, -0.1) is 0 Å². The summed E-state index contributed by atoms with van der Waals surface area (Å²) in [4.78, 5) is 16.5. The van der Waals surface area contributed by atoms with Crippen LogP contribution in [0.3, 0.4) is 0 Å². The summed E-state index contributed by atoms with van der Waals surface area (Å²) in [6.45, 7) is 2.03. The van der Waals surface area contributed by atoms with Crippen LogP contribution in [0.5, 0.6) is 0 Å². The molecule has 3 rings (SSSR count). The van der Waals surface area contributed by atoms with E-state index in [-0.39, 0.29) is 11.7 Å². The first-order valence-electron chi connectivity index (χ1n) is 7.17. The van der Waals surface area contributed by atoms with Gasteiger partial charge in [0.2, 0.25) is 11.7 Å². The van der Waals surface area contributed by atoms with Crippen molar-refractivity contribution in [1.82, 2.24) is 10.1 Å². The van der Waals surface area contributed by atoms with E-state index in [9.17, 15) is 4.79 Å². The van der Waals surface area contributed by atoms with Crippen molar-refractivity contribution in [3.05, 3.63) is 35.7 Å². The van der Waals surface area contributed by atoms with Gasteiger partial charge < -0.3 is 4.52 Å². The molecular formula is C16H18N2O2. The average molecular weight is 270 g/mol. The van der Waals surface area contributed by atoms with E-state index >= 15 is 0 Å². The molecule has 104 valence electrons. The van der Waals surface area contributed by atoms with Gasteiger partial charge in [-0.25, -0.2) is 0 Å². The number of rotatable bonds is 2. The minimum atomic E-state index is -0.205. The minimum Gasteiger partial charge on any atom is -0.338 e. The van der Waals surface area contributed by atoms with Crippen LogP contribution in [0.4, 0.5) is 0 Å². The highest BCUT2D eigenvalue weighted by atomic mass is 16.5. The van der Waals surface area contributed by atoms with Gasteiger partial charge in [-0.1, -0.05) is 41.8 Å². The van der Waals surface area contributed by atoms with Gasteiger partial charge in [0.1, 0.15) is 5.78 Å². The number of nitrogens with zero attached hydrogens (tertiary/aromatic N) is 2. The zero-order valence-electron chi connectivity index (χ0n) is 11.6. The quantitative estimate of drug-likeness (QED) is 0.781. The molecule has 20 heavy (non-hydrogen) atoms. The lowest BCUT2D eigenvalue weighted by Gasteiger charge is -2.06. The van der Waals surface area contributed by atoms with Crippen LogP contribution in [0.15, 0.2) is 28.8 Å². The standard InChI is InChI=1S/C16H18N2O2/c1-11-6-5-7-12(10-11)15-17-16(20-18-15)13-8-3-2-4-9-14(13)19/h5-7,10,13H,2-4,8-9H2,1H3. The van der Waals surface area contributed by atoms with Crippen LogP contribution in [0, 0.1) is 6.92 Å². The van der Waals surface area contributed by atoms with Crippen molar-refractivity contribution in [2.24, 2.45) is 0 Å². The number of carbonyl (C=O) groups excluding carboxylic acids is 1. The first-order valence-corrected chi connectivity index (χ1v) is 7.17. The molecule has 0 spiro atoms. The van der Waals surface area contributed by atoms with Gasteiger partial charge in [-0.2, -0.15) is 4.98 Å². The van der Waals surface area contributed by atoms with E-state index in [2.05, 4.69) is 10.1 Å². The number of benzene rings is 1. The van der Waals surface area contributed by atoms with Gasteiger partial charge in [0.25, 0.3) is 0 Å². The predicted octanol–water partition coefficient (Wildman–Crippen LogP) is 3.66. The summed E-state index contributed by atoms with van der Waals surface area (Å²) in [6, 6.07) is 7.97. The molecule has 1 aliphatic rings. The highest BCUT2D eigenvalue weighted by Crippen LogP contribution is 2.29. The molecule has 4 nitrogen and oxygen atoms in total. The molecule has 1 aromatic carbocycles. The summed E-state index contributed by atoms with van der Waals surface area (Å²) < 4.78 is 5.34. The molecule has 1 saturated carbocycles. The van der Waals surface area contributed by atoms with E-state index in [1.54, 1.807) is 0 Å². The lowest BCUT2D eigenvalue weighted by molar-refractivity contribution is -0.120. The van der Waals surface area contributed by atoms with Crippen molar-refractivity contribution in [2.45, 2.75) is 44.9 Å². The fourth-order valence-corrected chi connectivity index (χ4v) is 2.70. The summed E-state index contributed by atoms with van der Waals surface area (Å²) in [5.41, 5.74) is 2.08. The molecule has 1 aliphatic carbocycles. The van der Waals surface area contributed by atoms with Gasteiger partial charge in [-0.05, 0) is 25.8 Å². The number of carbonyl (C=O) groups is 1. The van der Waals surface area contributed by atoms with Crippen LogP contribution in [0.2, 0.25) is 0 Å². The number of hydrogen-bond acceptors (Lipinski definition) is 4. The zero-order valence-corrected chi connectivity index (χ0v) is 11.6. The van der Waals surface area contributed by atoms with Crippen molar-refractivity contribution < 1.29 is 9.32 Å². The van der Waals surface area contributed by atoms with Crippen molar-refractivity contribution in [3.63, 3.8) is 0 Å². The van der Waals surface area contributed by atoms with Crippen LogP contribution in [0.25, 0.3) is 11.4 Å². The SMILES string of the molecule is Cc1cccc(-c2noc(C3CCCCCC3=O)n2)c1. The van der Waals surface area contributed by atoms with E-state index in [1.807, 2.05) is 31.2 Å². The molecule has 0 aliphatic heterocycles. The van der Waals surface area contributed by atoms with Gasteiger partial charge >= 0.3 is 0 Å². The number of aryl methyl sites for hydroxylation is 1. The lowest BCUT2D eigenvalue weighted by Crippen LogP contribution is -2.10. The van der Waals surface area contributed by atoms with Crippen LogP contribution < -0.4 is 0 Å². The molecule has 1 atom stereocenters. The Kier molecular flexibility index (Phi) is 3.63. The Bertz CT molecular complexity index is 618. The van der Waals surface area contributed by atoms with Crippen molar-refractivity contribution in [3.8, 4) is 11.4 Å². The lowest BCUT2D eigenvalue weighted by atomic mass is 9.99. The largest absolute Gasteiger partial charge is 0.338 e. The molecular weight excluding hydrogens is 252 g/mol. The smallest absolute Gasteiger partial charge is 0.237 e. The second kappa shape index (κ2) is 5.57. The minimum absolute atomic E-state index is 0.205. The Hall–Kier alpha value is -1.97. The van der Waals surface area contributed by atoms with Crippen LogP contribution >= 0.6 is 0 Å². The Morgan fingerprint density at radius 3 is 3.00 bits per heavy atom. The average Bonchev–Trinajstić information content (AvgIpc) is 2.82. The molecule has 2 aromatic rings. The zero-order chi connectivity index (χ0) is 13.9. The maximum atomic E-state index is 12.1. The Balaban J connectivity index is 1.87. The number of Topliss-reactive ketones (excluding diaryl/α,β-unsaturated/α-hetero) is 1. The summed E-state index contributed by atoms with van der Waals surface area (Å²) in [5.74, 6) is 1.08. The second-order valence-electron chi connectivity index (χ2n) is 5.44. The van der Waals surface area contributed by atoms with Gasteiger partial charge in [0.15, 0.2) is 0 Å². The fourth-order valence-electron chi connectivity index (χ4n) is 2.70. The Labute approximate surface area is 118 Å². The number of aromatic nitrogens is 2. The molecule has 0 bridgehead atoms. The Morgan fingerprint density at radius 2 is 2.15 bits per heavy atom. The maximum absolute atomic E-state index is 12.1. The fraction of sp³-hybridized carbons (Fsp3) is 0.438. The summed E-state index contributed by atoms with van der Waals surface area (Å²) in [6.07, 6.45) is 4.61. The number of hydrogen-bond donors (Lipinski definition) is 0. The van der Waals surface area contributed by atoms with Gasteiger partial charge in [0.05, 0.1) is 5.92 Å². The molecule has 0 amide bonds. The first-order chi connectivity index (χ1) is 9.74. The topological polar surface area (TPSA) is 56.0 Å². The van der Waals surface area contributed by atoms with Gasteiger partial charge in [0, 0.05) is 12.0 Å². The molecule has 0 saturated heterocycles. The van der Waals surface area contributed by atoms with Crippen LogP contribution in [0.1, 0.15) is 49.5 Å². The van der Waals surface area contributed by atoms with Crippen molar-refractivity contribution in [2.75, 3.05) is 0 Å². The first kappa shape index (κ1) is 13.0. The van der Waals surface area contributed by atoms with Crippen LogP contribution in [-0.4, -0.2) is 15.9 Å². The van der Waals surface area contributed by atoms with E-state index in [0.29, 0.717) is 18.1 Å². The highest BCUT2D eigenvalue weighted by molar-refractivity contribution is 5.85. The third kappa shape index (κ3) is 2.64. The number of ketones is 1. The van der Waals surface area contributed by atoms with Crippen molar-refractivity contribution >= 4 is 5.78 Å². The molecule has 1 heterocycles. The third-order valence-electron chi connectivity index (χ3n) is 3.82. The highest BCUT2D eigenvalue weighted by Gasteiger charge is 2.27. The van der Waals surface area contributed by atoms with E-state index in [0.717, 1.165) is 36.8 Å². The van der Waals surface area contributed by atoms with E-state index in [1.165, 1.54) is 0 Å². The molecule has 4 heteroatoms. The molecule has 0 N–H and O–H groups in total. The summed E-state index contributed by atoms with van der Waals surface area (Å²) >= 11 is 0. The van der Waals surface area contributed by atoms with Crippen LogP contribution in [-0.2, 0) is 4.79 Å². The third-order valence-corrected chi connectivity index (χ3v) is 3.82.